The van der Waals surface area contributed by atoms with Crippen LogP contribution in [0.1, 0.15) is 22.7 Å². The first kappa shape index (κ1) is 19.8. The quantitative estimate of drug-likeness (QED) is 0.308. The standard InChI is InChI=1S/C16H21FN4S.HI/c1-12-11-22-15(21-12)4-3-9-19-16(18-2)20-10-13-5-7-14(17)8-6-13;/h5-8,11H,3-4,9-10H2,1-2H3,(H2,18,19,20);1H. The van der Waals surface area contributed by atoms with Crippen LogP contribution in [0.15, 0.2) is 34.6 Å². The molecule has 0 saturated carbocycles. The van der Waals surface area contributed by atoms with Crippen molar-refractivity contribution in [2.24, 2.45) is 4.99 Å². The molecule has 2 aromatic rings. The van der Waals surface area contributed by atoms with E-state index in [1.54, 1.807) is 30.5 Å². The van der Waals surface area contributed by atoms with Crippen molar-refractivity contribution < 1.29 is 4.39 Å². The number of hydrogen-bond acceptors (Lipinski definition) is 3. The highest BCUT2D eigenvalue weighted by Gasteiger charge is 2.01. The second kappa shape index (κ2) is 10.5. The van der Waals surface area contributed by atoms with Crippen molar-refractivity contribution in [2.45, 2.75) is 26.3 Å². The molecule has 1 aromatic carbocycles. The van der Waals surface area contributed by atoms with Gasteiger partial charge in [0, 0.05) is 37.6 Å². The molecular formula is C16H22FIN4S. The Morgan fingerprint density at radius 2 is 2.00 bits per heavy atom. The third-order valence-corrected chi connectivity index (χ3v) is 4.15. The second-order valence-electron chi connectivity index (χ2n) is 4.97. The van der Waals surface area contributed by atoms with Gasteiger partial charge in [0.05, 0.1) is 5.01 Å². The van der Waals surface area contributed by atoms with E-state index < -0.39 is 0 Å². The van der Waals surface area contributed by atoms with Gasteiger partial charge in [-0.25, -0.2) is 9.37 Å². The van der Waals surface area contributed by atoms with Crippen LogP contribution in [0, 0.1) is 12.7 Å². The Morgan fingerprint density at radius 3 is 2.61 bits per heavy atom. The van der Waals surface area contributed by atoms with Gasteiger partial charge in [-0.15, -0.1) is 35.3 Å². The van der Waals surface area contributed by atoms with Gasteiger partial charge >= 0.3 is 0 Å². The summed E-state index contributed by atoms with van der Waals surface area (Å²) in [5, 5.41) is 9.73. The van der Waals surface area contributed by atoms with Crippen LogP contribution in [0.4, 0.5) is 4.39 Å². The number of nitrogens with one attached hydrogen (secondary N) is 2. The minimum absolute atomic E-state index is 0. The molecule has 4 nitrogen and oxygen atoms in total. The molecule has 0 bridgehead atoms. The Kier molecular flexibility index (Phi) is 9.08. The minimum Gasteiger partial charge on any atom is -0.356 e. The molecule has 0 radical (unpaired) electrons. The van der Waals surface area contributed by atoms with Gasteiger partial charge in [0.1, 0.15) is 5.82 Å². The number of thiazole rings is 1. The number of halogens is 2. The zero-order chi connectivity index (χ0) is 15.8. The number of benzene rings is 1. The fourth-order valence-electron chi connectivity index (χ4n) is 1.97. The van der Waals surface area contributed by atoms with E-state index >= 15 is 0 Å². The van der Waals surface area contributed by atoms with Gasteiger partial charge in [0.2, 0.25) is 0 Å². The first-order valence-electron chi connectivity index (χ1n) is 7.27. The monoisotopic (exact) mass is 448 g/mol. The zero-order valence-electron chi connectivity index (χ0n) is 13.3. The predicted octanol–water partition coefficient (Wildman–Crippen LogP) is 3.51. The molecule has 1 heterocycles. The molecule has 0 atom stereocenters. The van der Waals surface area contributed by atoms with Crippen LogP contribution in [0.3, 0.4) is 0 Å². The Bertz CT molecular complexity index is 613. The van der Waals surface area contributed by atoms with Crippen LogP contribution in [0.2, 0.25) is 0 Å². The molecule has 2 rings (SSSR count). The molecule has 0 amide bonds. The first-order valence-corrected chi connectivity index (χ1v) is 8.15. The molecule has 0 spiro atoms. The lowest BCUT2D eigenvalue weighted by Crippen LogP contribution is -2.37. The van der Waals surface area contributed by atoms with Crippen molar-refractivity contribution in [1.29, 1.82) is 0 Å². The smallest absolute Gasteiger partial charge is 0.191 e. The molecule has 0 aliphatic heterocycles. The molecular weight excluding hydrogens is 426 g/mol. The molecule has 2 N–H and O–H groups in total. The number of rotatable bonds is 6. The van der Waals surface area contributed by atoms with Gasteiger partial charge in [0.15, 0.2) is 5.96 Å². The van der Waals surface area contributed by atoms with Gasteiger partial charge < -0.3 is 10.6 Å². The van der Waals surface area contributed by atoms with Crippen molar-refractivity contribution in [3.8, 4) is 0 Å². The number of aromatic nitrogens is 1. The highest BCUT2D eigenvalue weighted by molar-refractivity contribution is 14.0. The molecule has 7 heteroatoms. The van der Waals surface area contributed by atoms with E-state index in [0.29, 0.717) is 6.54 Å². The highest BCUT2D eigenvalue weighted by atomic mass is 127. The van der Waals surface area contributed by atoms with Gasteiger partial charge in [0.25, 0.3) is 0 Å². The van der Waals surface area contributed by atoms with Crippen molar-refractivity contribution in [3.63, 3.8) is 0 Å². The Labute approximate surface area is 157 Å². The summed E-state index contributed by atoms with van der Waals surface area (Å²) < 4.78 is 12.8. The Hall–Kier alpha value is -1.22. The molecule has 0 aliphatic rings. The van der Waals surface area contributed by atoms with E-state index in [1.807, 2.05) is 6.92 Å². The molecule has 1 aromatic heterocycles. The summed E-state index contributed by atoms with van der Waals surface area (Å²) in [5.74, 6) is 0.531. The summed E-state index contributed by atoms with van der Waals surface area (Å²) in [6, 6.07) is 6.45. The lowest BCUT2D eigenvalue weighted by molar-refractivity contribution is 0.626. The fourth-order valence-corrected chi connectivity index (χ4v) is 2.79. The summed E-state index contributed by atoms with van der Waals surface area (Å²) in [6.45, 7) is 3.47. The average molecular weight is 448 g/mol. The largest absolute Gasteiger partial charge is 0.356 e. The van der Waals surface area contributed by atoms with Crippen LogP contribution in [0.5, 0.6) is 0 Å². The number of hydrogen-bond donors (Lipinski definition) is 2. The summed E-state index contributed by atoms with van der Waals surface area (Å²) >= 11 is 1.71. The zero-order valence-corrected chi connectivity index (χ0v) is 16.5. The molecule has 0 unspecified atom stereocenters. The summed E-state index contributed by atoms with van der Waals surface area (Å²) in [5.41, 5.74) is 2.10. The van der Waals surface area contributed by atoms with Crippen molar-refractivity contribution in [2.75, 3.05) is 13.6 Å². The van der Waals surface area contributed by atoms with E-state index in [4.69, 9.17) is 0 Å². The van der Waals surface area contributed by atoms with E-state index in [-0.39, 0.29) is 29.8 Å². The normalized spacial score (nSPS) is 11.0. The summed E-state index contributed by atoms with van der Waals surface area (Å²) in [6.07, 6.45) is 1.98. The first-order chi connectivity index (χ1) is 10.7. The van der Waals surface area contributed by atoms with E-state index in [9.17, 15) is 4.39 Å². The number of nitrogens with zero attached hydrogens (tertiary/aromatic N) is 2. The fraction of sp³-hybridized carbons (Fsp3) is 0.375. The lowest BCUT2D eigenvalue weighted by Gasteiger charge is -2.11. The van der Waals surface area contributed by atoms with E-state index in [1.165, 1.54) is 17.1 Å². The third-order valence-electron chi connectivity index (χ3n) is 3.12. The predicted molar refractivity (Wildman–Crippen MR) is 105 cm³/mol. The molecule has 0 saturated heterocycles. The average Bonchev–Trinajstić information content (AvgIpc) is 2.94. The van der Waals surface area contributed by atoms with Crippen molar-refractivity contribution >= 4 is 41.3 Å². The minimum atomic E-state index is -0.219. The number of aryl methyl sites for hydroxylation is 2. The molecule has 0 aliphatic carbocycles. The van der Waals surface area contributed by atoms with E-state index in [0.717, 1.165) is 36.6 Å². The summed E-state index contributed by atoms with van der Waals surface area (Å²) in [4.78, 5) is 8.62. The second-order valence-corrected chi connectivity index (χ2v) is 5.91. The maximum atomic E-state index is 12.8. The van der Waals surface area contributed by atoms with Crippen molar-refractivity contribution in [1.82, 2.24) is 15.6 Å². The third kappa shape index (κ3) is 7.26. The molecule has 23 heavy (non-hydrogen) atoms. The SMILES string of the molecule is CN=C(NCCCc1nc(C)cs1)NCc1ccc(F)cc1.I. The number of aliphatic imine (C=N–C) groups is 1. The molecule has 0 fully saturated rings. The Balaban J connectivity index is 0.00000264. The van der Waals surface area contributed by atoms with E-state index in [2.05, 4.69) is 26.0 Å². The highest BCUT2D eigenvalue weighted by Crippen LogP contribution is 2.10. The van der Waals surface area contributed by atoms with Crippen LogP contribution in [0.25, 0.3) is 0 Å². The molecule has 126 valence electrons. The topological polar surface area (TPSA) is 49.3 Å². The Morgan fingerprint density at radius 1 is 1.26 bits per heavy atom. The number of guanidine groups is 1. The van der Waals surface area contributed by atoms with Crippen LogP contribution < -0.4 is 10.6 Å². The van der Waals surface area contributed by atoms with Crippen LogP contribution in [-0.2, 0) is 13.0 Å². The van der Waals surface area contributed by atoms with Gasteiger partial charge in [-0.2, -0.15) is 0 Å². The van der Waals surface area contributed by atoms with Gasteiger partial charge in [-0.1, -0.05) is 12.1 Å². The van der Waals surface area contributed by atoms with Gasteiger partial charge in [-0.05, 0) is 31.0 Å². The summed E-state index contributed by atoms with van der Waals surface area (Å²) in [7, 11) is 1.74. The maximum absolute atomic E-state index is 12.8. The van der Waals surface area contributed by atoms with Crippen molar-refractivity contribution in [3.05, 3.63) is 51.7 Å². The maximum Gasteiger partial charge on any atom is 0.191 e. The lowest BCUT2D eigenvalue weighted by atomic mass is 10.2. The van der Waals surface area contributed by atoms with Gasteiger partial charge in [-0.3, -0.25) is 4.99 Å². The van der Waals surface area contributed by atoms with Crippen LogP contribution in [-0.4, -0.2) is 24.5 Å². The van der Waals surface area contributed by atoms with Crippen LogP contribution >= 0.6 is 35.3 Å².